The second kappa shape index (κ2) is 33.2. The van der Waals surface area contributed by atoms with Crippen LogP contribution in [0.2, 0.25) is 0 Å². The van der Waals surface area contributed by atoms with Crippen molar-refractivity contribution in [3.05, 3.63) is 192 Å². The summed E-state index contributed by atoms with van der Waals surface area (Å²) >= 11 is 0. The first-order chi connectivity index (χ1) is 49.5. The zero-order chi connectivity index (χ0) is 71.3. The fraction of sp³-hybridized carbons (Fsp3) is 0.385. The summed E-state index contributed by atoms with van der Waals surface area (Å²) in [5.41, 5.74) is 6.75. The van der Waals surface area contributed by atoms with Gasteiger partial charge in [-0.05, 0) is 122 Å². The molecule has 2 aromatic heterocycles. The van der Waals surface area contributed by atoms with Crippen molar-refractivity contribution in [3.8, 4) is 11.1 Å². The van der Waals surface area contributed by atoms with Crippen LogP contribution in [-0.2, 0) is 71.3 Å². The van der Waals surface area contributed by atoms with Crippen LogP contribution in [-0.4, -0.2) is 173 Å². The van der Waals surface area contributed by atoms with Crippen molar-refractivity contribution in [2.45, 2.75) is 113 Å². The molecule has 4 amide bonds. The summed E-state index contributed by atoms with van der Waals surface area (Å²) in [6, 6.07) is 39.7. The number of carbonyl (C=O) groups excluding carboxylic acids is 6. The Morgan fingerprint density at radius 3 is 1.53 bits per heavy atom. The van der Waals surface area contributed by atoms with Gasteiger partial charge in [0.2, 0.25) is 31.9 Å². The molecule has 2 fully saturated rings. The summed E-state index contributed by atoms with van der Waals surface area (Å²) in [6.07, 6.45) is 13.2. The fourth-order valence-corrected chi connectivity index (χ4v) is 17.4. The standard InChI is InChI=1S/C78H86N8O14S2/c1-55(57-22-27-64(28-23-57)85-53-62-14-9-10-16-69(62)75(85)89)77(91)99-48-46-97-44-45-98-47-49-100-78(92)56(2)58-24-29-65(30-25-58)86-54-63-21-20-59(50-70(63)76(86)90)67-31-26-61-52-80-35-33-68(61)74(67)102(95,96)84-39-13-37-82(41-43-84)73(88)19-8-6-4-3-5-7-18-72(87)81-36-12-38-83(42-40-81)101(93,94)71-17-11-15-60-51-79-34-32-66(60)71/h9-11,14-17,20-35,50-52,55-56H,3-8,12-13,18-19,36-49,53-54H2,1-2H3. The molecule has 22 nitrogen and oxygen atoms in total. The van der Waals surface area contributed by atoms with Gasteiger partial charge in [-0.1, -0.05) is 105 Å². The van der Waals surface area contributed by atoms with Gasteiger partial charge in [-0.3, -0.25) is 38.7 Å². The SMILES string of the molecule is CC(C(=O)OCCOCCOCCOC(=O)C(C)c1ccc(N2Cc3ccc(-c4ccc5cnccc5c4S(=O)(=O)N4CCCN(C(=O)CCCCCCCCC(=O)N5CCCN(S(=O)(=O)c6cccc7cnccc67)CC5)CC4)cc3C2=O)cc1)c1ccc(N2Cc3ccccc3C2=O)cc1. The molecule has 12 rings (SSSR count). The first-order valence-corrected chi connectivity index (χ1v) is 38.1. The third kappa shape index (κ3) is 16.6. The molecule has 0 spiro atoms. The van der Waals surface area contributed by atoms with Crippen LogP contribution in [0.5, 0.6) is 0 Å². The number of fused-ring (bicyclic) bond motifs is 4. The summed E-state index contributed by atoms with van der Waals surface area (Å²) in [4.78, 5) is 95.7. The van der Waals surface area contributed by atoms with Gasteiger partial charge in [0, 0.05) is 140 Å². The summed E-state index contributed by atoms with van der Waals surface area (Å²) in [7, 11) is -7.94. The van der Waals surface area contributed by atoms with E-state index >= 15 is 8.42 Å². The molecule has 2 unspecified atom stereocenters. The molecule has 4 aliphatic rings. The van der Waals surface area contributed by atoms with Crippen molar-refractivity contribution in [1.29, 1.82) is 0 Å². The van der Waals surface area contributed by atoms with Gasteiger partial charge in [-0.15, -0.1) is 0 Å². The molecule has 2 atom stereocenters. The molecule has 2 saturated heterocycles. The Balaban J connectivity index is 0.547. The van der Waals surface area contributed by atoms with Crippen LogP contribution in [0.4, 0.5) is 11.4 Å². The van der Waals surface area contributed by atoms with Crippen LogP contribution in [0.15, 0.2) is 168 Å². The van der Waals surface area contributed by atoms with E-state index in [0.29, 0.717) is 114 Å². The summed E-state index contributed by atoms with van der Waals surface area (Å²) < 4.78 is 82.8. The second-order valence-electron chi connectivity index (χ2n) is 26.3. The Bertz CT molecular complexity index is 4610. The van der Waals surface area contributed by atoms with E-state index in [-0.39, 0.29) is 106 Å². The van der Waals surface area contributed by atoms with Gasteiger partial charge in [-0.25, -0.2) is 16.8 Å². The molecular formula is C78H86N8O14S2. The molecule has 0 radical (unpaired) electrons. The van der Waals surface area contributed by atoms with Crippen LogP contribution in [0.3, 0.4) is 0 Å². The monoisotopic (exact) mass is 1420 g/mol. The molecule has 102 heavy (non-hydrogen) atoms. The number of nitrogens with zero attached hydrogens (tertiary/aromatic N) is 8. The molecule has 6 aromatic carbocycles. The van der Waals surface area contributed by atoms with Gasteiger partial charge in [0.05, 0.1) is 61.1 Å². The number of sulfonamides is 2. The topological polar surface area (TPSA) is 253 Å². The molecule has 24 heteroatoms. The lowest BCUT2D eigenvalue weighted by atomic mass is 9.98. The van der Waals surface area contributed by atoms with E-state index in [1.807, 2.05) is 72.8 Å². The zero-order valence-corrected chi connectivity index (χ0v) is 59.3. The van der Waals surface area contributed by atoms with E-state index in [0.717, 1.165) is 59.9 Å². The number of ether oxygens (including phenoxy) is 4. The number of unbranched alkanes of at least 4 members (excludes halogenated alkanes) is 5. The first-order valence-electron chi connectivity index (χ1n) is 35.2. The smallest absolute Gasteiger partial charge is 0.313 e. The number of amides is 4. The van der Waals surface area contributed by atoms with Gasteiger partial charge in [-0.2, -0.15) is 8.61 Å². The average Bonchev–Trinajstić information content (AvgIpc) is 1.07. The largest absolute Gasteiger partial charge is 0.463 e. The quantitative estimate of drug-likeness (QED) is 0.0312. The minimum Gasteiger partial charge on any atom is -0.463 e. The molecule has 534 valence electrons. The number of rotatable bonds is 29. The number of pyridine rings is 2. The number of aromatic nitrogens is 2. The maximum Gasteiger partial charge on any atom is 0.313 e. The highest BCUT2D eigenvalue weighted by atomic mass is 32.2. The van der Waals surface area contributed by atoms with E-state index in [1.165, 1.54) is 8.61 Å². The fourth-order valence-electron chi connectivity index (χ4n) is 13.8. The van der Waals surface area contributed by atoms with Gasteiger partial charge >= 0.3 is 11.9 Å². The summed E-state index contributed by atoms with van der Waals surface area (Å²) in [6.45, 7) is 7.63. The third-order valence-corrected chi connectivity index (χ3v) is 23.7. The highest BCUT2D eigenvalue weighted by Crippen LogP contribution is 2.40. The van der Waals surface area contributed by atoms with Crippen LogP contribution in [0, 0.1) is 0 Å². The number of esters is 2. The Morgan fingerprint density at radius 1 is 0.461 bits per heavy atom. The highest BCUT2D eigenvalue weighted by molar-refractivity contribution is 7.89. The number of carbonyl (C=O) groups is 6. The third-order valence-electron chi connectivity index (χ3n) is 19.8. The molecule has 0 N–H and O–H groups in total. The molecule has 6 heterocycles. The van der Waals surface area contributed by atoms with Crippen LogP contribution in [0.1, 0.15) is 133 Å². The second-order valence-corrected chi connectivity index (χ2v) is 30.1. The molecular weight excluding hydrogens is 1340 g/mol. The van der Waals surface area contributed by atoms with Crippen LogP contribution >= 0.6 is 0 Å². The Hall–Kier alpha value is -9.30. The van der Waals surface area contributed by atoms with E-state index in [9.17, 15) is 37.2 Å². The Morgan fingerprint density at radius 2 is 0.961 bits per heavy atom. The minimum atomic E-state index is -4.18. The number of benzene rings is 6. The van der Waals surface area contributed by atoms with Crippen molar-refractivity contribution in [2.75, 3.05) is 102 Å². The van der Waals surface area contributed by atoms with Crippen molar-refractivity contribution >= 4 is 88.5 Å². The lowest BCUT2D eigenvalue weighted by Crippen LogP contribution is -2.37. The average molecular weight is 1420 g/mol. The molecule has 0 bridgehead atoms. The molecule has 0 aliphatic carbocycles. The number of hydrogen-bond acceptors (Lipinski definition) is 16. The van der Waals surface area contributed by atoms with Crippen molar-refractivity contribution in [1.82, 2.24) is 28.4 Å². The van der Waals surface area contributed by atoms with Crippen LogP contribution < -0.4 is 9.80 Å². The minimum absolute atomic E-state index is 0.00936. The molecule has 8 aromatic rings. The highest BCUT2D eigenvalue weighted by Gasteiger charge is 2.36. The van der Waals surface area contributed by atoms with E-state index < -0.39 is 43.8 Å². The van der Waals surface area contributed by atoms with E-state index in [4.69, 9.17) is 18.9 Å². The van der Waals surface area contributed by atoms with Gasteiger partial charge in [0.1, 0.15) is 13.2 Å². The lowest BCUT2D eigenvalue weighted by molar-refractivity contribution is -0.148. The van der Waals surface area contributed by atoms with Crippen molar-refractivity contribution in [3.63, 3.8) is 0 Å². The van der Waals surface area contributed by atoms with Gasteiger partial charge in [0.15, 0.2) is 0 Å². The maximum atomic E-state index is 15.1. The zero-order valence-electron chi connectivity index (χ0n) is 57.7. The summed E-state index contributed by atoms with van der Waals surface area (Å²) in [5, 5.41) is 2.52. The van der Waals surface area contributed by atoms with Crippen molar-refractivity contribution < 1.29 is 64.6 Å². The number of hydrogen-bond donors (Lipinski definition) is 0. The lowest BCUT2D eigenvalue weighted by Gasteiger charge is -2.24. The first kappa shape index (κ1) is 72.5. The van der Waals surface area contributed by atoms with Gasteiger partial charge in [0.25, 0.3) is 11.8 Å². The Labute approximate surface area is 595 Å². The maximum absolute atomic E-state index is 15.1. The van der Waals surface area contributed by atoms with Gasteiger partial charge < -0.3 is 38.5 Å². The van der Waals surface area contributed by atoms with E-state index in [2.05, 4.69) is 9.97 Å². The normalized spacial score (nSPS) is 16.0. The van der Waals surface area contributed by atoms with Crippen LogP contribution in [0.25, 0.3) is 32.7 Å². The predicted molar refractivity (Wildman–Crippen MR) is 387 cm³/mol. The molecule has 0 saturated carbocycles. The Kier molecular flexibility index (Phi) is 23.6. The predicted octanol–water partition coefficient (Wildman–Crippen LogP) is 11.1. The van der Waals surface area contributed by atoms with Crippen molar-refractivity contribution in [2.24, 2.45) is 0 Å². The van der Waals surface area contributed by atoms with E-state index in [1.54, 1.807) is 119 Å². The summed E-state index contributed by atoms with van der Waals surface area (Å²) in [5.74, 6) is -2.23. The molecule has 4 aliphatic heterocycles. The number of anilines is 2.